The predicted octanol–water partition coefficient (Wildman–Crippen LogP) is 2.24. The Morgan fingerprint density at radius 3 is 2.50 bits per heavy atom. The lowest BCUT2D eigenvalue weighted by atomic mass is 9.96. The number of nitrogens with zero attached hydrogens (tertiary/aromatic N) is 3. The molecule has 1 aromatic carbocycles. The third kappa shape index (κ3) is 3.57. The highest BCUT2D eigenvalue weighted by Gasteiger charge is 2.46. The van der Waals surface area contributed by atoms with Crippen molar-refractivity contribution in [1.82, 2.24) is 9.97 Å². The Morgan fingerprint density at radius 2 is 1.89 bits per heavy atom. The second-order valence-corrected chi connectivity index (χ2v) is 6.22. The van der Waals surface area contributed by atoms with Crippen molar-refractivity contribution in [2.75, 3.05) is 19.5 Å². The molecular weight excluding hydrogens is 374 g/mol. The molecule has 2 aromatic rings. The summed E-state index contributed by atoms with van der Waals surface area (Å²) in [6, 6.07) is 3.58. The van der Waals surface area contributed by atoms with Crippen LogP contribution in [0.2, 0.25) is 0 Å². The van der Waals surface area contributed by atoms with E-state index in [1.54, 1.807) is 6.92 Å². The van der Waals surface area contributed by atoms with Crippen LogP contribution in [0.25, 0.3) is 0 Å². The molecule has 0 aliphatic carbocycles. The van der Waals surface area contributed by atoms with E-state index >= 15 is 0 Å². The number of nitrogens with one attached hydrogen (secondary N) is 1. The lowest BCUT2D eigenvalue weighted by molar-refractivity contribution is -0.479. The van der Waals surface area contributed by atoms with E-state index in [1.165, 1.54) is 32.4 Å². The van der Waals surface area contributed by atoms with Crippen LogP contribution in [0.3, 0.4) is 0 Å². The SMILES string of the molecule is COc1cc(OC)nc(C2CC(C)=[N+]([O-])C2C(=O)Nc2cccc(F)c2F)n1. The third-order valence-corrected chi connectivity index (χ3v) is 4.45. The second-order valence-electron chi connectivity index (χ2n) is 6.22. The highest BCUT2D eigenvalue weighted by molar-refractivity contribution is 5.97. The fourth-order valence-corrected chi connectivity index (χ4v) is 3.05. The van der Waals surface area contributed by atoms with Crippen molar-refractivity contribution in [1.29, 1.82) is 0 Å². The van der Waals surface area contributed by atoms with Gasteiger partial charge in [0.2, 0.25) is 11.8 Å². The molecule has 1 aromatic heterocycles. The summed E-state index contributed by atoms with van der Waals surface area (Å²) in [4.78, 5) is 21.2. The van der Waals surface area contributed by atoms with E-state index in [9.17, 15) is 18.8 Å². The number of hydroxylamine groups is 1. The van der Waals surface area contributed by atoms with Crippen LogP contribution in [0.1, 0.15) is 25.1 Å². The maximum atomic E-state index is 13.9. The molecule has 10 heteroatoms. The van der Waals surface area contributed by atoms with Crippen molar-refractivity contribution >= 4 is 17.3 Å². The first kappa shape index (κ1) is 19.5. The van der Waals surface area contributed by atoms with Gasteiger partial charge in [-0.15, -0.1) is 0 Å². The third-order valence-electron chi connectivity index (χ3n) is 4.45. The van der Waals surface area contributed by atoms with Gasteiger partial charge in [0.05, 0.1) is 26.0 Å². The zero-order valence-corrected chi connectivity index (χ0v) is 15.4. The molecule has 1 aliphatic heterocycles. The van der Waals surface area contributed by atoms with Crippen LogP contribution in [0.4, 0.5) is 14.5 Å². The predicted molar refractivity (Wildman–Crippen MR) is 95.6 cm³/mol. The van der Waals surface area contributed by atoms with Crippen LogP contribution in [-0.2, 0) is 4.79 Å². The Morgan fingerprint density at radius 1 is 1.25 bits per heavy atom. The molecule has 28 heavy (non-hydrogen) atoms. The van der Waals surface area contributed by atoms with Crippen molar-refractivity contribution in [3.8, 4) is 11.8 Å². The Labute approximate surface area is 159 Å². The summed E-state index contributed by atoms with van der Waals surface area (Å²) < 4.78 is 38.1. The van der Waals surface area contributed by atoms with Gasteiger partial charge in [-0.3, -0.25) is 4.79 Å². The Kier molecular flexibility index (Phi) is 5.39. The number of amides is 1. The topological polar surface area (TPSA) is 99.4 Å². The maximum Gasteiger partial charge on any atom is 0.295 e. The van der Waals surface area contributed by atoms with Crippen molar-refractivity contribution in [2.45, 2.75) is 25.3 Å². The van der Waals surface area contributed by atoms with E-state index in [0.717, 1.165) is 6.07 Å². The number of benzene rings is 1. The molecule has 2 unspecified atom stereocenters. The van der Waals surface area contributed by atoms with Gasteiger partial charge < -0.3 is 20.0 Å². The monoisotopic (exact) mass is 392 g/mol. The summed E-state index contributed by atoms with van der Waals surface area (Å²) in [5.74, 6) is -3.25. The molecule has 1 amide bonds. The molecule has 148 valence electrons. The molecule has 0 fully saturated rings. The molecule has 0 radical (unpaired) electrons. The number of aromatic nitrogens is 2. The number of hydrogen-bond donors (Lipinski definition) is 1. The zero-order valence-electron chi connectivity index (χ0n) is 15.4. The number of carbonyl (C=O) groups is 1. The van der Waals surface area contributed by atoms with Gasteiger partial charge in [0.25, 0.3) is 11.9 Å². The Bertz CT molecular complexity index is 929. The number of hydrogen-bond acceptors (Lipinski definition) is 6. The van der Waals surface area contributed by atoms with Crippen LogP contribution in [-0.4, -0.2) is 46.6 Å². The fourth-order valence-electron chi connectivity index (χ4n) is 3.05. The molecule has 8 nitrogen and oxygen atoms in total. The van der Waals surface area contributed by atoms with E-state index in [-0.39, 0.29) is 29.7 Å². The average Bonchev–Trinajstić information content (AvgIpc) is 2.99. The molecule has 1 N–H and O–H groups in total. The molecule has 2 atom stereocenters. The normalized spacial score (nSPS) is 18.9. The zero-order chi connectivity index (χ0) is 20.4. The molecule has 1 aliphatic rings. The van der Waals surface area contributed by atoms with E-state index in [0.29, 0.717) is 10.5 Å². The number of carbonyl (C=O) groups excluding carboxylic acids is 1. The van der Waals surface area contributed by atoms with Crippen molar-refractivity contribution in [3.63, 3.8) is 0 Å². The van der Waals surface area contributed by atoms with Gasteiger partial charge in [-0.25, -0.2) is 13.5 Å². The van der Waals surface area contributed by atoms with E-state index in [4.69, 9.17) is 9.47 Å². The maximum absolute atomic E-state index is 13.9. The fraction of sp³-hybridized carbons (Fsp3) is 0.333. The molecule has 0 bridgehead atoms. The molecule has 0 saturated heterocycles. The minimum Gasteiger partial charge on any atom is -0.623 e. The van der Waals surface area contributed by atoms with Crippen LogP contribution in [0.5, 0.6) is 11.8 Å². The second kappa shape index (κ2) is 7.75. The number of anilines is 1. The van der Waals surface area contributed by atoms with E-state index < -0.39 is 29.5 Å². The largest absolute Gasteiger partial charge is 0.623 e. The minimum atomic E-state index is -1.26. The average molecular weight is 392 g/mol. The minimum absolute atomic E-state index is 0.175. The standard InChI is InChI=1S/C18H18F2N4O4/c1-9-7-10(17-22-13(27-2)8-14(23-17)28-3)16(24(9)26)18(25)21-12-6-4-5-11(19)15(12)20/h4-6,8,10,16H,7H2,1-3H3,(H,21,25). The van der Waals surface area contributed by atoms with Gasteiger partial charge in [0.1, 0.15) is 11.7 Å². The Balaban J connectivity index is 1.95. The van der Waals surface area contributed by atoms with Crippen LogP contribution < -0.4 is 14.8 Å². The van der Waals surface area contributed by atoms with Gasteiger partial charge in [-0.1, -0.05) is 6.07 Å². The summed E-state index contributed by atoms with van der Waals surface area (Å²) in [7, 11) is 2.82. The van der Waals surface area contributed by atoms with Crippen LogP contribution in [0, 0.1) is 16.8 Å². The lowest BCUT2D eigenvalue weighted by Crippen LogP contribution is -2.38. The van der Waals surface area contributed by atoms with Crippen LogP contribution >= 0.6 is 0 Å². The molecule has 2 heterocycles. The summed E-state index contributed by atoms with van der Waals surface area (Å²) in [5.41, 5.74) is 0.0288. The van der Waals surface area contributed by atoms with Gasteiger partial charge in [0, 0.05) is 13.3 Å². The van der Waals surface area contributed by atoms with Crippen molar-refractivity contribution in [2.24, 2.45) is 0 Å². The highest BCUT2D eigenvalue weighted by atomic mass is 19.2. The van der Waals surface area contributed by atoms with Crippen molar-refractivity contribution < 1.29 is 27.8 Å². The number of methoxy groups -OCH3 is 2. The van der Waals surface area contributed by atoms with Gasteiger partial charge >= 0.3 is 0 Å². The first-order valence-electron chi connectivity index (χ1n) is 8.36. The van der Waals surface area contributed by atoms with Crippen LogP contribution in [0.15, 0.2) is 24.3 Å². The van der Waals surface area contributed by atoms with Gasteiger partial charge in [-0.2, -0.15) is 9.97 Å². The molecular formula is C18H18F2N4O4. The van der Waals surface area contributed by atoms with E-state index in [2.05, 4.69) is 15.3 Å². The molecule has 0 spiro atoms. The summed E-state index contributed by atoms with van der Waals surface area (Å²) in [5, 5.41) is 14.8. The number of halogens is 2. The smallest absolute Gasteiger partial charge is 0.295 e. The summed E-state index contributed by atoms with van der Waals surface area (Å²) >= 11 is 0. The summed E-state index contributed by atoms with van der Waals surface area (Å²) in [6.07, 6.45) is 0.212. The van der Waals surface area contributed by atoms with Gasteiger partial charge in [0.15, 0.2) is 17.3 Å². The number of rotatable bonds is 5. The highest BCUT2D eigenvalue weighted by Crippen LogP contribution is 2.32. The number of ether oxygens (including phenoxy) is 2. The quantitative estimate of drug-likeness (QED) is 0.619. The van der Waals surface area contributed by atoms with Gasteiger partial charge in [-0.05, 0) is 12.1 Å². The molecule has 3 rings (SSSR count). The first-order chi connectivity index (χ1) is 13.3. The first-order valence-corrected chi connectivity index (χ1v) is 8.36. The van der Waals surface area contributed by atoms with E-state index in [1.807, 2.05) is 0 Å². The summed E-state index contributed by atoms with van der Waals surface area (Å²) in [6.45, 7) is 1.58. The molecule has 0 saturated carbocycles. The van der Waals surface area contributed by atoms with Crippen molar-refractivity contribution in [3.05, 3.63) is 46.9 Å². The lowest BCUT2D eigenvalue weighted by Gasteiger charge is -2.18. The Hall–Kier alpha value is -3.30.